The molecule has 0 bridgehead atoms. The number of unbranched alkanes of at least 4 members (excludes halogenated alkanes) is 1. The molecule has 2 N–H and O–H groups in total. The fourth-order valence-electron chi connectivity index (χ4n) is 1.39. The van der Waals surface area contributed by atoms with Crippen molar-refractivity contribution >= 4 is 5.91 Å². The Morgan fingerprint density at radius 2 is 1.88 bits per heavy atom. The summed E-state index contributed by atoms with van der Waals surface area (Å²) in [5.74, 6) is -1.85. The third-order valence-electron chi connectivity index (χ3n) is 2.31. The van der Waals surface area contributed by atoms with Gasteiger partial charge in [0.05, 0.1) is 6.42 Å². The lowest BCUT2D eigenvalue weighted by molar-refractivity contribution is -0.120. The number of aliphatic hydroxyl groups excluding tert-OH is 1. The molecule has 1 rings (SSSR count). The fourth-order valence-corrected chi connectivity index (χ4v) is 1.39. The minimum absolute atomic E-state index is 0.0673. The van der Waals surface area contributed by atoms with Crippen molar-refractivity contribution in [1.29, 1.82) is 0 Å². The number of halogens is 2. The predicted octanol–water partition coefficient (Wildman–Crippen LogP) is 1.40. The summed E-state index contributed by atoms with van der Waals surface area (Å²) in [5, 5.41) is 11.1. The lowest BCUT2D eigenvalue weighted by Crippen LogP contribution is -2.27. The largest absolute Gasteiger partial charge is 0.396 e. The highest BCUT2D eigenvalue weighted by molar-refractivity contribution is 5.78. The number of rotatable bonds is 6. The van der Waals surface area contributed by atoms with Crippen LogP contribution in [-0.2, 0) is 11.2 Å². The Hall–Kier alpha value is -1.49. The van der Waals surface area contributed by atoms with Crippen molar-refractivity contribution in [2.45, 2.75) is 19.3 Å². The van der Waals surface area contributed by atoms with Gasteiger partial charge in [-0.2, -0.15) is 0 Å². The van der Waals surface area contributed by atoms with Crippen LogP contribution in [0.5, 0.6) is 0 Å². The first-order valence-corrected chi connectivity index (χ1v) is 5.45. The average Bonchev–Trinajstić information content (AvgIpc) is 2.30. The number of hydrogen-bond donors (Lipinski definition) is 2. The van der Waals surface area contributed by atoms with Gasteiger partial charge in [-0.05, 0) is 25.0 Å². The summed E-state index contributed by atoms with van der Waals surface area (Å²) in [5.41, 5.74) is -0.216. The number of aliphatic hydroxyl groups is 1. The zero-order chi connectivity index (χ0) is 12.7. The van der Waals surface area contributed by atoms with Crippen LogP contribution in [0.4, 0.5) is 8.78 Å². The van der Waals surface area contributed by atoms with Crippen molar-refractivity contribution in [3.8, 4) is 0 Å². The van der Waals surface area contributed by atoms with E-state index >= 15 is 0 Å². The Morgan fingerprint density at radius 1 is 1.24 bits per heavy atom. The first kappa shape index (κ1) is 13.6. The van der Waals surface area contributed by atoms with Gasteiger partial charge < -0.3 is 10.4 Å². The maximum Gasteiger partial charge on any atom is 0.224 e. The van der Waals surface area contributed by atoms with Gasteiger partial charge in [-0.3, -0.25) is 4.79 Å². The van der Waals surface area contributed by atoms with Crippen LogP contribution in [-0.4, -0.2) is 24.2 Å². The van der Waals surface area contributed by atoms with E-state index in [0.717, 1.165) is 12.1 Å². The van der Waals surface area contributed by atoms with Gasteiger partial charge in [0.25, 0.3) is 0 Å². The van der Waals surface area contributed by atoms with Crippen LogP contribution in [0.2, 0.25) is 0 Å². The number of benzene rings is 1. The van der Waals surface area contributed by atoms with E-state index in [-0.39, 0.29) is 18.6 Å². The van der Waals surface area contributed by atoms with E-state index in [0.29, 0.717) is 19.4 Å². The zero-order valence-corrected chi connectivity index (χ0v) is 9.38. The molecule has 1 aromatic carbocycles. The summed E-state index contributed by atoms with van der Waals surface area (Å²) in [6.45, 7) is 0.466. The molecule has 0 unspecified atom stereocenters. The molecular weight excluding hydrogens is 228 g/mol. The molecular formula is C12H15F2NO2. The summed E-state index contributed by atoms with van der Waals surface area (Å²) >= 11 is 0. The topological polar surface area (TPSA) is 49.3 Å². The lowest BCUT2D eigenvalue weighted by atomic mass is 10.1. The molecule has 0 atom stereocenters. The number of amides is 1. The van der Waals surface area contributed by atoms with Crippen molar-refractivity contribution in [2.75, 3.05) is 13.2 Å². The third-order valence-corrected chi connectivity index (χ3v) is 2.31. The Bertz CT molecular complexity index is 363. The van der Waals surface area contributed by atoms with Crippen molar-refractivity contribution < 1.29 is 18.7 Å². The van der Waals surface area contributed by atoms with Gasteiger partial charge in [0.1, 0.15) is 11.6 Å². The van der Waals surface area contributed by atoms with E-state index in [9.17, 15) is 13.6 Å². The molecule has 5 heteroatoms. The normalized spacial score (nSPS) is 10.3. The molecule has 3 nitrogen and oxygen atoms in total. The molecule has 0 saturated carbocycles. The molecule has 0 fully saturated rings. The summed E-state index contributed by atoms with van der Waals surface area (Å²) in [4.78, 5) is 11.4. The minimum Gasteiger partial charge on any atom is -0.396 e. The van der Waals surface area contributed by atoms with E-state index in [1.807, 2.05) is 0 Å². The molecule has 0 aliphatic heterocycles. The highest BCUT2D eigenvalue weighted by atomic mass is 19.1. The van der Waals surface area contributed by atoms with Gasteiger partial charge in [-0.1, -0.05) is 6.07 Å². The summed E-state index contributed by atoms with van der Waals surface area (Å²) < 4.78 is 26.4. The molecule has 0 heterocycles. The zero-order valence-electron chi connectivity index (χ0n) is 9.38. The monoisotopic (exact) mass is 243 g/mol. The number of hydrogen-bond acceptors (Lipinski definition) is 2. The van der Waals surface area contributed by atoms with Crippen molar-refractivity contribution in [2.24, 2.45) is 0 Å². The van der Waals surface area contributed by atoms with Crippen LogP contribution in [0.3, 0.4) is 0 Å². The maximum absolute atomic E-state index is 13.2. The van der Waals surface area contributed by atoms with Crippen molar-refractivity contribution in [1.82, 2.24) is 5.32 Å². The van der Waals surface area contributed by atoms with Crippen LogP contribution in [0.15, 0.2) is 18.2 Å². The molecule has 0 radical (unpaired) electrons. The maximum atomic E-state index is 13.2. The number of nitrogens with one attached hydrogen (secondary N) is 1. The summed E-state index contributed by atoms with van der Waals surface area (Å²) in [6, 6.07) is 3.50. The van der Waals surface area contributed by atoms with Crippen molar-refractivity contribution in [3.63, 3.8) is 0 Å². The summed E-state index contributed by atoms with van der Waals surface area (Å²) in [6.07, 6.45) is 0.925. The molecule has 0 aliphatic carbocycles. The molecule has 0 spiro atoms. The molecule has 0 aromatic heterocycles. The quantitative estimate of drug-likeness (QED) is 0.742. The molecule has 94 valence electrons. The summed E-state index contributed by atoms with van der Waals surface area (Å²) in [7, 11) is 0. The standard InChI is InChI=1S/C12H15F2NO2/c13-10-4-3-5-11(14)9(10)8-12(17)15-6-1-2-7-16/h3-5,16H,1-2,6-8H2,(H,15,17). The van der Waals surface area contributed by atoms with Crippen molar-refractivity contribution in [3.05, 3.63) is 35.4 Å². The first-order valence-electron chi connectivity index (χ1n) is 5.45. The SMILES string of the molecule is O=C(Cc1c(F)cccc1F)NCCCCO. The molecule has 17 heavy (non-hydrogen) atoms. The van der Waals surface area contributed by atoms with E-state index in [4.69, 9.17) is 5.11 Å². The molecule has 0 saturated heterocycles. The van der Waals surface area contributed by atoms with Gasteiger partial charge in [0.15, 0.2) is 0 Å². The second kappa shape index (κ2) is 6.96. The fraction of sp³-hybridized carbons (Fsp3) is 0.417. The van der Waals surface area contributed by atoms with E-state index in [2.05, 4.69) is 5.32 Å². The Labute approximate surface area is 98.5 Å². The van der Waals surface area contributed by atoms with Gasteiger partial charge in [-0.15, -0.1) is 0 Å². The highest BCUT2D eigenvalue weighted by Crippen LogP contribution is 2.12. The predicted molar refractivity (Wildman–Crippen MR) is 59.4 cm³/mol. The second-order valence-corrected chi connectivity index (χ2v) is 3.66. The second-order valence-electron chi connectivity index (χ2n) is 3.66. The van der Waals surface area contributed by atoms with Crippen LogP contribution < -0.4 is 5.32 Å². The van der Waals surface area contributed by atoms with Crippen LogP contribution in [0.25, 0.3) is 0 Å². The molecule has 1 amide bonds. The van der Waals surface area contributed by atoms with E-state index < -0.39 is 17.5 Å². The Morgan fingerprint density at radius 3 is 2.47 bits per heavy atom. The van der Waals surface area contributed by atoms with Crippen LogP contribution in [0.1, 0.15) is 18.4 Å². The average molecular weight is 243 g/mol. The smallest absolute Gasteiger partial charge is 0.224 e. The Balaban J connectivity index is 2.45. The lowest BCUT2D eigenvalue weighted by Gasteiger charge is -2.06. The van der Waals surface area contributed by atoms with Crippen LogP contribution in [0, 0.1) is 11.6 Å². The van der Waals surface area contributed by atoms with E-state index in [1.54, 1.807) is 0 Å². The highest BCUT2D eigenvalue weighted by Gasteiger charge is 2.12. The third kappa shape index (κ3) is 4.48. The minimum atomic E-state index is -0.712. The number of carbonyl (C=O) groups is 1. The van der Waals surface area contributed by atoms with Gasteiger partial charge in [0.2, 0.25) is 5.91 Å². The van der Waals surface area contributed by atoms with Crippen LogP contribution >= 0.6 is 0 Å². The first-order chi connectivity index (χ1) is 8.15. The number of carbonyl (C=O) groups excluding carboxylic acids is 1. The Kier molecular flexibility index (Phi) is 5.56. The van der Waals surface area contributed by atoms with Gasteiger partial charge in [0, 0.05) is 18.7 Å². The molecule has 1 aromatic rings. The van der Waals surface area contributed by atoms with E-state index in [1.165, 1.54) is 6.07 Å². The van der Waals surface area contributed by atoms with Gasteiger partial charge >= 0.3 is 0 Å². The van der Waals surface area contributed by atoms with Gasteiger partial charge in [-0.25, -0.2) is 8.78 Å². The molecule has 0 aliphatic rings.